The summed E-state index contributed by atoms with van der Waals surface area (Å²) in [6, 6.07) is 0. The van der Waals surface area contributed by atoms with Crippen LogP contribution in [-0.2, 0) is 4.79 Å². The predicted molar refractivity (Wildman–Crippen MR) is 73.5 cm³/mol. The van der Waals surface area contributed by atoms with Gasteiger partial charge in [-0.05, 0) is 81.0 Å². The largest absolute Gasteiger partial charge is 0.393 e. The van der Waals surface area contributed by atoms with Crippen LogP contribution in [0.3, 0.4) is 0 Å². The monoisotopic (exact) mass is 262 g/mol. The highest BCUT2D eigenvalue weighted by atomic mass is 16.3. The van der Waals surface area contributed by atoms with Crippen LogP contribution in [0.4, 0.5) is 0 Å². The highest BCUT2D eigenvalue weighted by Crippen LogP contribution is 2.57. The minimum atomic E-state index is -0.0257. The van der Waals surface area contributed by atoms with Crippen LogP contribution in [0.25, 0.3) is 0 Å². The van der Waals surface area contributed by atoms with Crippen LogP contribution >= 0.6 is 0 Å². The summed E-state index contributed by atoms with van der Waals surface area (Å²) in [6.07, 6.45) is 10.5. The van der Waals surface area contributed by atoms with Gasteiger partial charge in [0, 0.05) is 12.3 Å². The Morgan fingerprint density at radius 3 is 2.42 bits per heavy atom. The van der Waals surface area contributed by atoms with Crippen LogP contribution in [-0.4, -0.2) is 17.0 Å². The van der Waals surface area contributed by atoms with Crippen LogP contribution < -0.4 is 0 Å². The molecule has 0 radical (unpaired) electrons. The Labute approximate surface area is 116 Å². The quantitative estimate of drug-likeness (QED) is 0.728. The molecule has 7 atom stereocenters. The van der Waals surface area contributed by atoms with Crippen molar-refractivity contribution < 1.29 is 9.90 Å². The molecule has 106 valence electrons. The van der Waals surface area contributed by atoms with Gasteiger partial charge in [0.1, 0.15) is 5.78 Å². The van der Waals surface area contributed by atoms with E-state index >= 15 is 0 Å². The Morgan fingerprint density at radius 1 is 0.789 bits per heavy atom. The molecule has 0 saturated heterocycles. The summed E-state index contributed by atoms with van der Waals surface area (Å²) in [5, 5.41) is 9.88. The summed E-state index contributed by atoms with van der Waals surface area (Å²) in [5.41, 5.74) is 0. The molecule has 4 fully saturated rings. The summed E-state index contributed by atoms with van der Waals surface area (Å²) in [7, 11) is 0. The fraction of sp³-hybridized carbons (Fsp3) is 0.941. The maximum absolute atomic E-state index is 12.0. The summed E-state index contributed by atoms with van der Waals surface area (Å²) in [6.45, 7) is 0. The molecule has 0 spiro atoms. The average Bonchev–Trinajstić information content (AvgIpc) is 2.80. The maximum atomic E-state index is 12.0. The number of fused-ring (bicyclic) bond motifs is 5. The first-order valence-electron chi connectivity index (χ1n) is 8.45. The van der Waals surface area contributed by atoms with Crippen molar-refractivity contribution in [2.24, 2.45) is 35.5 Å². The number of carbonyl (C=O) groups is 1. The van der Waals surface area contributed by atoms with Crippen molar-refractivity contribution in [3.63, 3.8) is 0 Å². The van der Waals surface area contributed by atoms with E-state index in [9.17, 15) is 9.90 Å². The lowest BCUT2D eigenvalue weighted by Gasteiger charge is -2.52. The SMILES string of the molecule is O=C1CC[C@@H]2C1CC[C@H]1[C@H]2CC[C@@H]2C[C@@H](O)CC[C@@H]21. The predicted octanol–water partition coefficient (Wildman–Crippen LogP) is 3.18. The van der Waals surface area contributed by atoms with Gasteiger partial charge in [0.2, 0.25) is 0 Å². The third kappa shape index (κ3) is 1.90. The number of aliphatic hydroxyl groups is 1. The molecule has 4 aliphatic rings. The Kier molecular flexibility index (Phi) is 2.98. The number of rotatable bonds is 0. The van der Waals surface area contributed by atoms with E-state index in [1.807, 2.05) is 0 Å². The third-order valence-corrected chi connectivity index (χ3v) is 7.00. The Balaban J connectivity index is 1.54. The highest BCUT2D eigenvalue weighted by Gasteiger charge is 2.51. The molecule has 0 aromatic heterocycles. The van der Waals surface area contributed by atoms with Gasteiger partial charge in [-0.2, -0.15) is 0 Å². The van der Waals surface area contributed by atoms with E-state index in [0.29, 0.717) is 11.7 Å². The van der Waals surface area contributed by atoms with E-state index in [4.69, 9.17) is 0 Å². The lowest BCUT2D eigenvalue weighted by atomic mass is 9.53. The van der Waals surface area contributed by atoms with Gasteiger partial charge in [0.15, 0.2) is 0 Å². The molecule has 1 N–H and O–H groups in total. The van der Waals surface area contributed by atoms with E-state index in [1.54, 1.807) is 0 Å². The minimum absolute atomic E-state index is 0.0257. The normalized spacial score (nSPS) is 53.3. The summed E-state index contributed by atoms with van der Waals surface area (Å²) in [4.78, 5) is 12.0. The first kappa shape index (κ1) is 12.4. The molecule has 2 heteroatoms. The van der Waals surface area contributed by atoms with E-state index in [0.717, 1.165) is 48.9 Å². The molecule has 0 aromatic carbocycles. The molecule has 0 aromatic rings. The van der Waals surface area contributed by atoms with Gasteiger partial charge in [-0.25, -0.2) is 0 Å². The number of carbonyl (C=O) groups excluding carboxylic acids is 1. The summed E-state index contributed by atoms with van der Waals surface area (Å²) < 4.78 is 0. The van der Waals surface area contributed by atoms with Gasteiger partial charge in [-0.1, -0.05) is 0 Å². The van der Waals surface area contributed by atoms with Gasteiger partial charge < -0.3 is 5.11 Å². The van der Waals surface area contributed by atoms with E-state index in [-0.39, 0.29) is 6.10 Å². The van der Waals surface area contributed by atoms with Crippen molar-refractivity contribution in [1.82, 2.24) is 0 Å². The third-order valence-electron chi connectivity index (χ3n) is 7.00. The van der Waals surface area contributed by atoms with Crippen molar-refractivity contribution in [3.8, 4) is 0 Å². The molecule has 0 bridgehead atoms. The minimum Gasteiger partial charge on any atom is -0.393 e. The molecule has 4 saturated carbocycles. The number of hydrogen-bond donors (Lipinski definition) is 1. The van der Waals surface area contributed by atoms with Crippen LogP contribution in [0.5, 0.6) is 0 Å². The summed E-state index contributed by atoms with van der Waals surface area (Å²) >= 11 is 0. The molecule has 1 unspecified atom stereocenters. The fourth-order valence-corrected chi connectivity index (χ4v) is 6.25. The molecule has 4 aliphatic carbocycles. The second-order valence-electron chi connectivity index (χ2n) is 7.65. The lowest BCUT2D eigenvalue weighted by molar-refractivity contribution is -0.124. The lowest BCUT2D eigenvalue weighted by Crippen LogP contribution is -2.45. The molecule has 4 rings (SSSR count). The Bertz CT molecular complexity index is 377. The van der Waals surface area contributed by atoms with Crippen LogP contribution in [0.2, 0.25) is 0 Å². The fourth-order valence-electron chi connectivity index (χ4n) is 6.25. The average molecular weight is 262 g/mol. The topological polar surface area (TPSA) is 37.3 Å². The zero-order chi connectivity index (χ0) is 13.0. The first-order valence-corrected chi connectivity index (χ1v) is 8.45. The van der Waals surface area contributed by atoms with Gasteiger partial charge in [-0.3, -0.25) is 4.79 Å². The second kappa shape index (κ2) is 4.58. The number of Topliss-reactive ketones (excluding diaryl/α,β-unsaturated/α-hetero) is 1. The van der Waals surface area contributed by atoms with E-state index in [2.05, 4.69) is 0 Å². The van der Waals surface area contributed by atoms with Gasteiger partial charge in [0.05, 0.1) is 6.10 Å². The molecule has 19 heavy (non-hydrogen) atoms. The highest BCUT2D eigenvalue weighted by molar-refractivity contribution is 5.83. The number of hydrogen-bond acceptors (Lipinski definition) is 2. The second-order valence-corrected chi connectivity index (χ2v) is 7.65. The standard InChI is InChI=1S/C17H26O2/c18-11-2-4-12-10(9-11)1-3-14-13(12)5-6-16-15(14)7-8-17(16)19/h10-16,18H,1-9H2/t10-,11+,12+,13-,14-,15+,16?/m1/s1. The smallest absolute Gasteiger partial charge is 0.136 e. The molecule has 0 amide bonds. The van der Waals surface area contributed by atoms with Crippen molar-refractivity contribution >= 4 is 5.78 Å². The van der Waals surface area contributed by atoms with E-state index in [1.165, 1.54) is 38.5 Å². The molecule has 0 aliphatic heterocycles. The van der Waals surface area contributed by atoms with Crippen LogP contribution in [0.1, 0.15) is 57.8 Å². The maximum Gasteiger partial charge on any atom is 0.136 e. The molecular weight excluding hydrogens is 236 g/mol. The van der Waals surface area contributed by atoms with Crippen LogP contribution in [0.15, 0.2) is 0 Å². The molecule has 0 heterocycles. The molecular formula is C17H26O2. The van der Waals surface area contributed by atoms with Crippen molar-refractivity contribution in [2.75, 3.05) is 0 Å². The van der Waals surface area contributed by atoms with Crippen molar-refractivity contribution in [2.45, 2.75) is 63.9 Å². The molecule has 2 nitrogen and oxygen atoms in total. The Hall–Kier alpha value is -0.370. The van der Waals surface area contributed by atoms with Crippen LogP contribution in [0, 0.1) is 35.5 Å². The van der Waals surface area contributed by atoms with Gasteiger partial charge in [0.25, 0.3) is 0 Å². The number of ketones is 1. The van der Waals surface area contributed by atoms with Gasteiger partial charge >= 0.3 is 0 Å². The zero-order valence-corrected chi connectivity index (χ0v) is 11.8. The van der Waals surface area contributed by atoms with Crippen molar-refractivity contribution in [1.29, 1.82) is 0 Å². The van der Waals surface area contributed by atoms with Crippen molar-refractivity contribution in [3.05, 3.63) is 0 Å². The summed E-state index contributed by atoms with van der Waals surface area (Å²) in [5.74, 6) is 5.15. The Morgan fingerprint density at radius 2 is 1.53 bits per heavy atom. The number of aliphatic hydroxyl groups excluding tert-OH is 1. The van der Waals surface area contributed by atoms with E-state index < -0.39 is 0 Å². The first-order chi connectivity index (χ1) is 9.24. The van der Waals surface area contributed by atoms with Gasteiger partial charge in [-0.15, -0.1) is 0 Å². The zero-order valence-electron chi connectivity index (χ0n) is 11.8.